The molecule has 0 aliphatic carbocycles. The van der Waals surface area contributed by atoms with Gasteiger partial charge < -0.3 is 10.8 Å². The quantitative estimate of drug-likeness (QED) is 0.719. The maximum absolute atomic E-state index is 9.75. The third-order valence-corrected chi connectivity index (χ3v) is 2.38. The fraction of sp³-hybridized carbons (Fsp3) is 0.167. The van der Waals surface area contributed by atoms with E-state index < -0.39 is 0 Å². The number of fused-ring (bicyclic) bond motifs is 1. The van der Waals surface area contributed by atoms with Crippen molar-refractivity contribution in [3.63, 3.8) is 0 Å². The Bertz CT molecular complexity index is 477. The van der Waals surface area contributed by atoms with Crippen molar-refractivity contribution in [1.82, 2.24) is 0 Å². The van der Waals surface area contributed by atoms with E-state index in [2.05, 4.69) is 0 Å². The van der Waals surface area contributed by atoms with Crippen LogP contribution in [0, 0.1) is 6.92 Å². The minimum absolute atomic E-state index is 0.312. The van der Waals surface area contributed by atoms with Gasteiger partial charge in [-0.05, 0) is 36.1 Å². The van der Waals surface area contributed by atoms with E-state index in [1.807, 2.05) is 31.2 Å². The Balaban J connectivity index is 2.76. The predicted octanol–water partition coefficient (Wildman–Crippen LogP) is 2.31. The molecule has 72 valence electrons. The van der Waals surface area contributed by atoms with Crippen LogP contribution < -0.4 is 5.73 Å². The van der Waals surface area contributed by atoms with Crippen molar-refractivity contribution in [2.45, 2.75) is 13.5 Å². The lowest BCUT2D eigenvalue weighted by atomic mass is 10.0. The van der Waals surface area contributed by atoms with Gasteiger partial charge in [-0.15, -0.1) is 0 Å². The molecule has 0 aliphatic heterocycles. The van der Waals surface area contributed by atoms with Gasteiger partial charge in [0.25, 0.3) is 0 Å². The molecule has 0 bridgehead atoms. The molecule has 0 aliphatic rings. The number of aryl methyl sites for hydroxylation is 1. The average molecular weight is 187 g/mol. The Morgan fingerprint density at radius 1 is 1.21 bits per heavy atom. The number of phenols is 1. The molecule has 2 heteroatoms. The molecule has 0 aromatic heterocycles. The molecule has 0 saturated carbocycles. The summed E-state index contributed by atoms with van der Waals surface area (Å²) < 4.78 is 0. The molecule has 0 radical (unpaired) electrons. The van der Waals surface area contributed by atoms with Crippen LogP contribution in [-0.4, -0.2) is 5.11 Å². The Morgan fingerprint density at radius 3 is 2.71 bits per heavy atom. The summed E-state index contributed by atoms with van der Waals surface area (Å²) in [6, 6.07) is 9.74. The fourth-order valence-electron chi connectivity index (χ4n) is 1.63. The van der Waals surface area contributed by atoms with Crippen molar-refractivity contribution in [3.05, 3.63) is 41.5 Å². The van der Waals surface area contributed by atoms with Crippen LogP contribution in [0.3, 0.4) is 0 Å². The number of aromatic hydroxyl groups is 1. The van der Waals surface area contributed by atoms with Gasteiger partial charge >= 0.3 is 0 Å². The SMILES string of the molecule is Cc1ccc2cc(CN)cc(O)c2c1. The molecule has 0 atom stereocenters. The molecule has 2 nitrogen and oxygen atoms in total. The van der Waals surface area contributed by atoms with Crippen molar-refractivity contribution in [1.29, 1.82) is 0 Å². The normalized spacial score (nSPS) is 10.7. The monoisotopic (exact) mass is 187 g/mol. The third kappa shape index (κ3) is 1.44. The Hall–Kier alpha value is -1.54. The molecule has 2 rings (SSSR count). The van der Waals surface area contributed by atoms with Gasteiger partial charge in [-0.1, -0.05) is 17.7 Å². The Kier molecular flexibility index (Phi) is 2.14. The largest absolute Gasteiger partial charge is 0.507 e. The van der Waals surface area contributed by atoms with E-state index in [1.54, 1.807) is 6.07 Å². The van der Waals surface area contributed by atoms with Crippen LogP contribution in [0.15, 0.2) is 30.3 Å². The molecule has 0 spiro atoms. The summed E-state index contributed by atoms with van der Waals surface area (Å²) in [5, 5.41) is 11.7. The lowest BCUT2D eigenvalue weighted by Crippen LogP contribution is -1.95. The minimum Gasteiger partial charge on any atom is -0.507 e. The molecule has 2 aromatic rings. The number of phenolic OH excluding ortho intramolecular Hbond substituents is 1. The second-order valence-corrected chi connectivity index (χ2v) is 3.54. The van der Waals surface area contributed by atoms with E-state index in [4.69, 9.17) is 5.73 Å². The highest BCUT2D eigenvalue weighted by Gasteiger charge is 2.01. The molecular formula is C12H13NO. The zero-order chi connectivity index (χ0) is 10.1. The molecule has 0 heterocycles. The van der Waals surface area contributed by atoms with Gasteiger partial charge in [0, 0.05) is 11.9 Å². The van der Waals surface area contributed by atoms with Gasteiger partial charge in [-0.3, -0.25) is 0 Å². The summed E-state index contributed by atoms with van der Waals surface area (Å²) in [7, 11) is 0. The number of hydrogen-bond donors (Lipinski definition) is 2. The van der Waals surface area contributed by atoms with Gasteiger partial charge in [0.2, 0.25) is 0 Å². The van der Waals surface area contributed by atoms with Crippen LogP contribution in [0.1, 0.15) is 11.1 Å². The highest BCUT2D eigenvalue weighted by molar-refractivity contribution is 5.89. The van der Waals surface area contributed by atoms with Crippen LogP contribution in [0.2, 0.25) is 0 Å². The van der Waals surface area contributed by atoms with Gasteiger partial charge in [-0.25, -0.2) is 0 Å². The lowest BCUT2D eigenvalue weighted by molar-refractivity contribution is 0.481. The summed E-state index contributed by atoms with van der Waals surface area (Å²) in [5.41, 5.74) is 7.63. The fourth-order valence-corrected chi connectivity index (χ4v) is 1.63. The molecule has 0 amide bonds. The van der Waals surface area contributed by atoms with Crippen LogP contribution in [0.5, 0.6) is 5.75 Å². The van der Waals surface area contributed by atoms with Gasteiger partial charge in [0.1, 0.15) is 5.75 Å². The molecule has 14 heavy (non-hydrogen) atoms. The van der Waals surface area contributed by atoms with Crippen molar-refractivity contribution in [2.75, 3.05) is 0 Å². The molecular weight excluding hydrogens is 174 g/mol. The van der Waals surface area contributed by atoms with Crippen molar-refractivity contribution in [2.24, 2.45) is 5.73 Å². The Morgan fingerprint density at radius 2 is 2.00 bits per heavy atom. The first-order chi connectivity index (χ1) is 6.70. The van der Waals surface area contributed by atoms with E-state index in [0.717, 1.165) is 21.9 Å². The number of rotatable bonds is 1. The zero-order valence-electron chi connectivity index (χ0n) is 8.12. The van der Waals surface area contributed by atoms with Crippen LogP contribution in [0.4, 0.5) is 0 Å². The van der Waals surface area contributed by atoms with E-state index in [0.29, 0.717) is 12.3 Å². The smallest absolute Gasteiger partial charge is 0.123 e. The number of hydrogen-bond acceptors (Lipinski definition) is 2. The van der Waals surface area contributed by atoms with Crippen molar-refractivity contribution >= 4 is 10.8 Å². The summed E-state index contributed by atoms with van der Waals surface area (Å²) in [5.74, 6) is 0.312. The predicted molar refractivity (Wildman–Crippen MR) is 58.2 cm³/mol. The second-order valence-electron chi connectivity index (χ2n) is 3.54. The lowest BCUT2D eigenvalue weighted by Gasteiger charge is -2.05. The maximum atomic E-state index is 9.75. The van der Waals surface area contributed by atoms with E-state index in [1.165, 1.54) is 0 Å². The summed E-state index contributed by atoms with van der Waals surface area (Å²) in [4.78, 5) is 0. The number of benzene rings is 2. The summed E-state index contributed by atoms with van der Waals surface area (Å²) >= 11 is 0. The van der Waals surface area contributed by atoms with E-state index in [9.17, 15) is 5.11 Å². The zero-order valence-corrected chi connectivity index (χ0v) is 8.12. The topological polar surface area (TPSA) is 46.2 Å². The third-order valence-electron chi connectivity index (χ3n) is 2.38. The minimum atomic E-state index is 0.312. The van der Waals surface area contributed by atoms with Gasteiger partial charge in [-0.2, -0.15) is 0 Å². The average Bonchev–Trinajstić information content (AvgIpc) is 2.19. The molecule has 0 saturated heterocycles. The van der Waals surface area contributed by atoms with Gasteiger partial charge in [0.05, 0.1) is 0 Å². The maximum Gasteiger partial charge on any atom is 0.123 e. The first-order valence-electron chi connectivity index (χ1n) is 4.63. The highest BCUT2D eigenvalue weighted by Crippen LogP contribution is 2.27. The highest BCUT2D eigenvalue weighted by atomic mass is 16.3. The van der Waals surface area contributed by atoms with Crippen molar-refractivity contribution in [3.8, 4) is 5.75 Å². The molecule has 3 N–H and O–H groups in total. The standard InChI is InChI=1S/C12H13NO/c1-8-2-3-10-5-9(7-13)6-12(14)11(10)4-8/h2-6,14H,7,13H2,1H3. The first-order valence-corrected chi connectivity index (χ1v) is 4.63. The number of nitrogens with two attached hydrogens (primary N) is 1. The van der Waals surface area contributed by atoms with Crippen molar-refractivity contribution < 1.29 is 5.11 Å². The summed E-state index contributed by atoms with van der Waals surface area (Å²) in [6.45, 7) is 2.47. The van der Waals surface area contributed by atoms with Gasteiger partial charge in [0.15, 0.2) is 0 Å². The first kappa shape index (κ1) is 9.03. The second kappa shape index (κ2) is 3.31. The van der Waals surface area contributed by atoms with E-state index >= 15 is 0 Å². The molecule has 2 aromatic carbocycles. The summed E-state index contributed by atoms with van der Waals surface area (Å²) in [6.07, 6.45) is 0. The molecule has 0 unspecified atom stereocenters. The Labute approximate surface area is 83.0 Å². The van der Waals surface area contributed by atoms with E-state index in [-0.39, 0.29) is 0 Å². The van der Waals surface area contributed by atoms with Crippen LogP contribution in [0.25, 0.3) is 10.8 Å². The van der Waals surface area contributed by atoms with Crippen LogP contribution in [-0.2, 0) is 6.54 Å². The van der Waals surface area contributed by atoms with Crippen LogP contribution >= 0.6 is 0 Å². The molecule has 0 fully saturated rings.